The number of morpholine rings is 1. The highest BCUT2D eigenvalue weighted by molar-refractivity contribution is 5.88. The summed E-state index contributed by atoms with van der Waals surface area (Å²) in [4.78, 5) is 13.4. The number of aromatic carboxylic acids is 1. The molecule has 2 aliphatic rings. The molecule has 6 nitrogen and oxygen atoms in total. The number of carboxylic acids is 1. The van der Waals surface area contributed by atoms with Crippen molar-refractivity contribution in [1.29, 1.82) is 0 Å². The van der Waals surface area contributed by atoms with Crippen LogP contribution in [0.1, 0.15) is 28.8 Å². The SMILES string of the molecule is O=C(O)c1ccc(N/N=C/C2=C(N3CCOCC3)C(=C/c3ccccc3)/CC2)cc1. The molecule has 154 valence electrons. The van der Waals surface area contributed by atoms with Gasteiger partial charge in [0.1, 0.15) is 0 Å². The third kappa shape index (κ3) is 4.78. The van der Waals surface area contributed by atoms with Crippen molar-refractivity contribution in [2.24, 2.45) is 5.10 Å². The molecule has 1 fully saturated rings. The van der Waals surface area contributed by atoms with Gasteiger partial charge in [0, 0.05) is 18.8 Å². The van der Waals surface area contributed by atoms with Crippen molar-refractivity contribution < 1.29 is 14.6 Å². The van der Waals surface area contributed by atoms with Crippen LogP contribution >= 0.6 is 0 Å². The van der Waals surface area contributed by atoms with E-state index in [0.717, 1.165) is 44.8 Å². The number of carboxylic acid groups (broad SMARTS) is 1. The fourth-order valence-electron chi connectivity index (χ4n) is 3.79. The number of benzene rings is 2. The highest BCUT2D eigenvalue weighted by Crippen LogP contribution is 2.35. The molecule has 2 aromatic rings. The summed E-state index contributed by atoms with van der Waals surface area (Å²) in [7, 11) is 0. The van der Waals surface area contributed by atoms with Gasteiger partial charge in [-0.25, -0.2) is 4.79 Å². The second-order valence-corrected chi connectivity index (χ2v) is 7.31. The molecule has 0 bridgehead atoms. The molecule has 0 atom stereocenters. The quantitative estimate of drug-likeness (QED) is 0.557. The lowest BCUT2D eigenvalue weighted by Gasteiger charge is -2.31. The molecule has 0 unspecified atom stereocenters. The minimum atomic E-state index is -0.936. The number of ether oxygens (including phenoxy) is 1. The van der Waals surface area contributed by atoms with Crippen LogP contribution < -0.4 is 5.43 Å². The number of hydrazone groups is 1. The van der Waals surface area contributed by atoms with Crippen molar-refractivity contribution in [3.63, 3.8) is 0 Å². The van der Waals surface area contributed by atoms with Crippen molar-refractivity contribution in [2.45, 2.75) is 12.8 Å². The topological polar surface area (TPSA) is 74.2 Å². The largest absolute Gasteiger partial charge is 0.478 e. The van der Waals surface area contributed by atoms with Gasteiger partial charge < -0.3 is 14.7 Å². The summed E-state index contributed by atoms with van der Waals surface area (Å²) < 4.78 is 5.54. The molecule has 30 heavy (non-hydrogen) atoms. The minimum Gasteiger partial charge on any atom is -0.478 e. The number of nitrogens with zero attached hydrogens (tertiary/aromatic N) is 2. The summed E-state index contributed by atoms with van der Waals surface area (Å²) >= 11 is 0. The van der Waals surface area contributed by atoms with Gasteiger partial charge in [-0.3, -0.25) is 5.43 Å². The molecule has 0 amide bonds. The number of nitrogens with one attached hydrogen (secondary N) is 1. The van der Waals surface area contributed by atoms with Crippen LogP contribution in [0, 0.1) is 0 Å². The Morgan fingerprint density at radius 2 is 1.77 bits per heavy atom. The predicted octanol–water partition coefficient (Wildman–Crippen LogP) is 4.25. The molecule has 2 aromatic carbocycles. The molecule has 1 heterocycles. The fourth-order valence-corrected chi connectivity index (χ4v) is 3.79. The van der Waals surface area contributed by atoms with Gasteiger partial charge in [-0.2, -0.15) is 5.10 Å². The number of carbonyl (C=O) groups is 1. The van der Waals surface area contributed by atoms with Crippen molar-refractivity contribution in [3.05, 3.63) is 82.6 Å². The minimum absolute atomic E-state index is 0.258. The van der Waals surface area contributed by atoms with Gasteiger partial charge in [-0.15, -0.1) is 0 Å². The van der Waals surface area contributed by atoms with E-state index in [1.807, 2.05) is 12.3 Å². The van der Waals surface area contributed by atoms with E-state index < -0.39 is 5.97 Å². The first-order valence-electron chi connectivity index (χ1n) is 10.1. The number of anilines is 1. The van der Waals surface area contributed by atoms with E-state index >= 15 is 0 Å². The zero-order valence-corrected chi connectivity index (χ0v) is 16.8. The van der Waals surface area contributed by atoms with Crippen molar-refractivity contribution in [2.75, 3.05) is 31.7 Å². The molecule has 1 saturated heterocycles. The molecule has 6 heteroatoms. The summed E-state index contributed by atoms with van der Waals surface area (Å²) in [6.45, 7) is 3.23. The average Bonchev–Trinajstić information content (AvgIpc) is 3.17. The van der Waals surface area contributed by atoms with E-state index in [0.29, 0.717) is 0 Å². The van der Waals surface area contributed by atoms with Crippen LogP contribution in [0.2, 0.25) is 0 Å². The maximum atomic E-state index is 11.0. The Balaban J connectivity index is 1.56. The first-order chi connectivity index (χ1) is 14.7. The molecular formula is C24H25N3O3. The van der Waals surface area contributed by atoms with Crippen LogP contribution in [0.4, 0.5) is 5.69 Å². The van der Waals surface area contributed by atoms with Crippen molar-refractivity contribution >= 4 is 23.9 Å². The van der Waals surface area contributed by atoms with Crippen LogP contribution in [-0.2, 0) is 4.74 Å². The maximum Gasteiger partial charge on any atom is 0.335 e. The van der Waals surface area contributed by atoms with Crippen LogP contribution in [-0.4, -0.2) is 48.5 Å². The first kappa shape index (κ1) is 19.9. The molecule has 0 spiro atoms. The lowest BCUT2D eigenvalue weighted by Crippen LogP contribution is -2.36. The lowest BCUT2D eigenvalue weighted by atomic mass is 10.1. The van der Waals surface area contributed by atoms with Gasteiger partial charge >= 0.3 is 5.97 Å². The molecule has 0 radical (unpaired) electrons. The number of rotatable bonds is 6. The highest BCUT2D eigenvalue weighted by atomic mass is 16.5. The van der Waals surface area contributed by atoms with E-state index in [1.54, 1.807) is 24.3 Å². The third-order valence-electron chi connectivity index (χ3n) is 5.29. The fraction of sp³-hybridized carbons (Fsp3) is 0.250. The van der Waals surface area contributed by atoms with Gasteiger partial charge in [0.2, 0.25) is 0 Å². The summed E-state index contributed by atoms with van der Waals surface area (Å²) in [6.07, 6.45) is 6.08. The summed E-state index contributed by atoms with van der Waals surface area (Å²) in [5.41, 5.74) is 9.01. The maximum absolute atomic E-state index is 11.0. The van der Waals surface area contributed by atoms with Gasteiger partial charge in [-0.1, -0.05) is 30.3 Å². The highest BCUT2D eigenvalue weighted by Gasteiger charge is 2.25. The first-order valence-corrected chi connectivity index (χ1v) is 10.1. The molecule has 0 aromatic heterocycles. The molecular weight excluding hydrogens is 378 g/mol. The molecule has 4 rings (SSSR count). The normalized spacial score (nSPS) is 18.4. The number of hydrogen-bond acceptors (Lipinski definition) is 5. The van der Waals surface area contributed by atoms with Crippen LogP contribution in [0.25, 0.3) is 6.08 Å². The second kappa shape index (κ2) is 9.41. The summed E-state index contributed by atoms with van der Waals surface area (Å²) in [5, 5.41) is 13.4. The van der Waals surface area contributed by atoms with E-state index in [1.165, 1.54) is 22.4 Å². The Morgan fingerprint density at radius 1 is 1.03 bits per heavy atom. The van der Waals surface area contributed by atoms with Crippen LogP contribution in [0.3, 0.4) is 0 Å². The van der Waals surface area contributed by atoms with E-state index in [9.17, 15) is 4.79 Å². The molecule has 1 aliphatic heterocycles. The Kier molecular flexibility index (Phi) is 6.25. The Morgan fingerprint density at radius 3 is 2.47 bits per heavy atom. The van der Waals surface area contributed by atoms with Crippen LogP contribution in [0.5, 0.6) is 0 Å². The van der Waals surface area contributed by atoms with Gasteiger partial charge in [-0.05, 0) is 59.9 Å². The standard InChI is InChI=1S/C24H25N3O3/c28-24(29)19-8-10-22(11-9-19)26-25-17-21-7-6-20(16-18-4-2-1-3-5-18)23(21)27-12-14-30-15-13-27/h1-5,8-11,16-17,26H,6-7,12-15H2,(H,28,29)/b20-16+,25-17+. The zero-order chi connectivity index (χ0) is 20.8. The average molecular weight is 403 g/mol. The number of hydrogen-bond donors (Lipinski definition) is 2. The summed E-state index contributed by atoms with van der Waals surface area (Å²) in [5.74, 6) is -0.936. The van der Waals surface area contributed by atoms with Gasteiger partial charge in [0.05, 0.1) is 30.7 Å². The van der Waals surface area contributed by atoms with Gasteiger partial charge in [0.15, 0.2) is 0 Å². The third-order valence-corrected chi connectivity index (χ3v) is 5.29. The van der Waals surface area contributed by atoms with Gasteiger partial charge in [0.25, 0.3) is 0 Å². The molecule has 2 N–H and O–H groups in total. The molecule has 0 saturated carbocycles. The van der Waals surface area contributed by atoms with Crippen molar-refractivity contribution in [3.8, 4) is 0 Å². The Labute approximate surface area is 176 Å². The van der Waals surface area contributed by atoms with Crippen LogP contribution in [0.15, 0.2) is 76.5 Å². The Bertz CT molecular complexity index is 973. The van der Waals surface area contributed by atoms with E-state index in [2.05, 4.69) is 45.8 Å². The second-order valence-electron chi connectivity index (χ2n) is 7.31. The number of allylic oxidation sites excluding steroid dienone is 2. The predicted molar refractivity (Wildman–Crippen MR) is 119 cm³/mol. The molecule has 1 aliphatic carbocycles. The zero-order valence-electron chi connectivity index (χ0n) is 16.8. The summed E-state index contributed by atoms with van der Waals surface area (Å²) in [6, 6.07) is 17.0. The Hall–Kier alpha value is -3.38. The smallest absolute Gasteiger partial charge is 0.335 e. The lowest BCUT2D eigenvalue weighted by molar-refractivity contribution is 0.0548. The monoisotopic (exact) mass is 403 g/mol. The van der Waals surface area contributed by atoms with E-state index in [-0.39, 0.29) is 5.56 Å². The van der Waals surface area contributed by atoms with Crippen molar-refractivity contribution in [1.82, 2.24) is 4.90 Å². The van der Waals surface area contributed by atoms with E-state index in [4.69, 9.17) is 9.84 Å².